The lowest BCUT2D eigenvalue weighted by Crippen LogP contribution is -2.16. The van der Waals surface area contributed by atoms with Crippen LogP contribution in [-0.4, -0.2) is 17.1 Å². The number of nitrogens with zero attached hydrogens (tertiary/aromatic N) is 1. The maximum Gasteiger partial charge on any atom is 0.265 e. The number of hydrogen-bond donors (Lipinski definition) is 1. The first kappa shape index (κ1) is 14.4. The Kier molecular flexibility index (Phi) is 4.90. The molecule has 1 heterocycles. The van der Waals surface area contributed by atoms with Crippen LogP contribution in [0.25, 0.3) is 0 Å². The van der Waals surface area contributed by atoms with Crippen molar-refractivity contribution < 1.29 is 4.74 Å². The summed E-state index contributed by atoms with van der Waals surface area (Å²) in [6.45, 7) is 0.302. The molecule has 0 aliphatic heterocycles. The highest BCUT2D eigenvalue weighted by atomic mass is 79.9. The largest absolute Gasteiger partial charge is 0.378 e. The minimum atomic E-state index is -0.188. The number of H-pyrrole nitrogens is 1. The molecule has 1 aromatic carbocycles. The Hall–Kier alpha value is -0.980. The number of ether oxygens (including phenoxy) is 1. The van der Waals surface area contributed by atoms with Gasteiger partial charge in [-0.05, 0) is 33.6 Å². The second kappa shape index (κ2) is 6.45. The average molecular weight is 388 g/mol. The van der Waals surface area contributed by atoms with E-state index in [4.69, 9.17) is 4.74 Å². The Balaban J connectivity index is 2.33. The van der Waals surface area contributed by atoms with E-state index in [9.17, 15) is 4.79 Å². The molecule has 0 saturated carbocycles. The van der Waals surface area contributed by atoms with Gasteiger partial charge in [0.25, 0.3) is 5.56 Å². The number of aromatic nitrogens is 2. The predicted octanol–water partition coefficient (Wildman–Crippen LogP) is 3.03. The molecule has 1 N–H and O–H groups in total. The summed E-state index contributed by atoms with van der Waals surface area (Å²) >= 11 is 6.64. The standard InChI is InChI=1S/C13H12Br2N2O2/c1-19-7-10-12(15)13(18)17-11(16-10)6-8-3-2-4-9(14)5-8/h2-5H,6-7H2,1H3,(H,16,17,18). The molecule has 0 saturated heterocycles. The van der Waals surface area contributed by atoms with Gasteiger partial charge in [0.15, 0.2) is 0 Å². The quantitative estimate of drug-likeness (QED) is 0.877. The molecule has 0 spiro atoms. The number of hydrogen-bond acceptors (Lipinski definition) is 3. The lowest BCUT2D eigenvalue weighted by molar-refractivity contribution is 0.180. The topological polar surface area (TPSA) is 55.0 Å². The van der Waals surface area contributed by atoms with Gasteiger partial charge < -0.3 is 9.72 Å². The van der Waals surface area contributed by atoms with Crippen LogP contribution in [0.1, 0.15) is 17.1 Å². The molecular weight excluding hydrogens is 376 g/mol. The molecule has 0 atom stereocenters. The maximum absolute atomic E-state index is 11.8. The van der Waals surface area contributed by atoms with Crippen LogP contribution in [0.5, 0.6) is 0 Å². The molecule has 1 aromatic heterocycles. The number of benzene rings is 1. The Labute approximate surface area is 127 Å². The van der Waals surface area contributed by atoms with Crippen LogP contribution in [0.15, 0.2) is 38.0 Å². The van der Waals surface area contributed by atoms with Crippen LogP contribution in [0.4, 0.5) is 0 Å². The van der Waals surface area contributed by atoms with E-state index in [2.05, 4.69) is 41.8 Å². The first-order valence-corrected chi connectivity index (χ1v) is 7.19. The maximum atomic E-state index is 11.8. The van der Waals surface area contributed by atoms with Crippen molar-refractivity contribution in [2.75, 3.05) is 7.11 Å². The fraction of sp³-hybridized carbons (Fsp3) is 0.231. The molecule has 0 amide bonds. The van der Waals surface area contributed by atoms with Crippen LogP contribution in [0.3, 0.4) is 0 Å². The van der Waals surface area contributed by atoms with Crippen LogP contribution in [0, 0.1) is 0 Å². The lowest BCUT2D eigenvalue weighted by Gasteiger charge is -2.06. The van der Waals surface area contributed by atoms with Gasteiger partial charge in [-0.3, -0.25) is 4.79 Å². The molecule has 0 radical (unpaired) electrons. The van der Waals surface area contributed by atoms with Crippen molar-refractivity contribution in [3.05, 3.63) is 60.6 Å². The van der Waals surface area contributed by atoms with Crippen molar-refractivity contribution in [1.29, 1.82) is 0 Å². The third kappa shape index (κ3) is 3.75. The highest BCUT2D eigenvalue weighted by Crippen LogP contribution is 2.15. The highest BCUT2D eigenvalue weighted by molar-refractivity contribution is 9.10. The number of nitrogens with one attached hydrogen (secondary N) is 1. The molecule has 0 aliphatic rings. The van der Waals surface area contributed by atoms with Crippen molar-refractivity contribution in [3.8, 4) is 0 Å². The number of halogens is 2. The van der Waals surface area contributed by atoms with Crippen molar-refractivity contribution in [2.24, 2.45) is 0 Å². The molecular formula is C13H12Br2N2O2. The summed E-state index contributed by atoms with van der Waals surface area (Å²) in [5.74, 6) is 0.623. The molecule has 2 aromatic rings. The molecule has 2 rings (SSSR count). The summed E-state index contributed by atoms with van der Waals surface area (Å²) in [7, 11) is 1.57. The van der Waals surface area contributed by atoms with E-state index in [0.29, 0.717) is 29.0 Å². The number of methoxy groups -OCH3 is 1. The molecule has 0 bridgehead atoms. The first-order chi connectivity index (χ1) is 9.10. The molecule has 0 unspecified atom stereocenters. The SMILES string of the molecule is COCc1nc(Cc2cccc(Br)c2)[nH]c(=O)c1Br. The van der Waals surface area contributed by atoms with Gasteiger partial charge in [-0.15, -0.1) is 0 Å². The molecule has 0 fully saturated rings. The van der Waals surface area contributed by atoms with Gasteiger partial charge in [-0.1, -0.05) is 28.1 Å². The van der Waals surface area contributed by atoms with Gasteiger partial charge in [0.05, 0.1) is 12.3 Å². The zero-order valence-electron chi connectivity index (χ0n) is 10.2. The minimum Gasteiger partial charge on any atom is -0.378 e. The van der Waals surface area contributed by atoms with Crippen molar-refractivity contribution >= 4 is 31.9 Å². The van der Waals surface area contributed by atoms with Gasteiger partial charge in [0, 0.05) is 18.0 Å². The van der Waals surface area contributed by atoms with Gasteiger partial charge in [-0.2, -0.15) is 0 Å². The fourth-order valence-corrected chi connectivity index (χ4v) is 2.46. The summed E-state index contributed by atoms with van der Waals surface area (Å²) in [6, 6.07) is 7.89. The summed E-state index contributed by atoms with van der Waals surface area (Å²) in [5, 5.41) is 0. The monoisotopic (exact) mass is 386 g/mol. The zero-order valence-corrected chi connectivity index (χ0v) is 13.4. The number of rotatable bonds is 4. The van der Waals surface area contributed by atoms with E-state index in [1.54, 1.807) is 7.11 Å². The Morgan fingerprint density at radius 3 is 2.84 bits per heavy atom. The molecule has 0 aliphatic carbocycles. The normalized spacial score (nSPS) is 10.7. The fourth-order valence-electron chi connectivity index (χ4n) is 1.71. The molecule has 100 valence electrons. The Bertz CT molecular complexity index is 641. The van der Waals surface area contributed by atoms with Crippen LogP contribution >= 0.6 is 31.9 Å². The summed E-state index contributed by atoms with van der Waals surface area (Å²) in [5.41, 5.74) is 1.49. The summed E-state index contributed by atoms with van der Waals surface area (Å²) in [6.07, 6.45) is 0.568. The molecule has 19 heavy (non-hydrogen) atoms. The van der Waals surface area contributed by atoms with E-state index in [-0.39, 0.29) is 5.56 Å². The van der Waals surface area contributed by atoms with Crippen molar-refractivity contribution in [3.63, 3.8) is 0 Å². The molecule has 6 heteroatoms. The second-order valence-electron chi connectivity index (χ2n) is 4.01. The average Bonchev–Trinajstić information content (AvgIpc) is 2.35. The second-order valence-corrected chi connectivity index (χ2v) is 5.72. The van der Waals surface area contributed by atoms with Crippen molar-refractivity contribution in [1.82, 2.24) is 9.97 Å². The number of aromatic amines is 1. The van der Waals surface area contributed by atoms with E-state index < -0.39 is 0 Å². The van der Waals surface area contributed by atoms with Crippen LogP contribution in [-0.2, 0) is 17.8 Å². The van der Waals surface area contributed by atoms with E-state index in [1.807, 2.05) is 24.3 Å². The third-order valence-electron chi connectivity index (χ3n) is 2.52. The molecule has 4 nitrogen and oxygen atoms in total. The van der Waals surface area contributed by atoms with E-state index >= 15 is 0 Å². The van der Waals surface area contributed by atoms with Crippen LogP contribution < -0.4 is 5.56 Å². The van der Waals surface area contributed by atoms with Gasteiger partial charge in [0.2, 0.25) is 0 Å². The minimum absolute atomic E-state index is 0.188. The summed E-state index contributed by atoms with van der Waals surface area (Å²) < 4.78 is 6.46. The van der Waals surface area contributed by atoms with E-state index in [1.165, 1.54) is 0 Å². The third-order valence-corrected chi connectivity index (χ3v) is 3.83. The predicted molar refractivity (Wildman–Crippen MR) is 80.2 cm³/mol. The Morgan fingerprint density at radius 1 is 1.37 bits per heavy atom. The first-order valence-electron chi connectivity index (χ1n) is 5.61. The highest BCUT2D eigenvalue weighted by Gasteiger charge is 2.09. The Morgan fingerprint density at radius 2 is 2.16 bits per heavy atom. The zero-order chi connectivity index (χ0) is 13.8. The van der Waals surface area contributed by atoms with Gasteiger partial charge in [0.1, 0.15) is 10.3 Å². The summed E-state index contributed by atoms with van der Waals surface area (Å²) in [4.78, 5) is 18.9. The lowest BCUT2D eigenvalue weighted by atomic mass is 10.1. The van der Waals surface area contributed by atoms with Gasteiger partial charge >= 0.3 is 0 Å². The van der Waals surface area contributed by atoms with Crippen LogP contribution in [0.2, 0.25) is 0 Å². The smallest absolute Gasteiger partial charge is 0.265 e. The van der Waals surface area contributed by atoms with Crippen molar-refractivity contribution in [2.45, 2.75) is 13.0 Å². The van der Waals surface area contributed by atoms with Gasteiger partial charge in [-0.25, -0.2) is 4.98 Å². The van der Waals surface area contributed by atoms with E-state index in [0.717, 1.165) is 10.0 Å².